The van der Waals surface area contributed by atoms with Gasteiger partial charge in [0.25, 0.3) is 5.56 Å². The molecular weight excluding hydrogens is 330 g/mol. The van der Waals surface area contributed by atoms with E-state index in [0.717, 1.165) is 17.0 Å². The molecule has 0 aliphatic heterocycles. The third kappa shape index (κ3) is 2.63. The molecule has 0 fully saturated rings. The largest absolute Gasteiger partial charge is 0.439 e. The maximum absolute atomic E-state index is 12.6. The van der Waals surface area contributed by atoms with E-state index in [0.29, 0.717) is 23.6 Å². The minimum atomic E-state index is -0.162. The zero-order valence-electron chi connectivity index (χ0n) is 14.9. The molecule has 2 heterocycles. The summed E-state index contributed by atoms with van der Waals surface area (Å²) in [4.78, 5) is 28.5. The minimum Gasteiger partial charge on any atom is -0.439 e. The summed E-state index contributed by atoms with van der Waals surface area (Å²) >= 11 is 0. The number of hydrogen-bond donors (Lipinski definition) is 0. The first kappa shape index (κ1) is 16.3. The van der Waals surface area contributed by atoms with Crippen LogP contribution in [-0.4, -0.2) is 19.7 Å². The molecule has 6 nitrogen and oxygen atoms in total. The van der Waals surface area contributed by atoms with Crippen LogP contribution in [0, 0.1) is 0 Å². The maximum atomic E-state index is 12.6. The van der Waals surface area contributed by atoms with E-state index in [-0.39, 0.29) is 17.3 Å². The zero-order valence-corrected chi connectivity index (χ0v) is 14.9. The number of rotatable bonds is 3. The molecule has 0 amide bonds. The second-order valence-corrected chi connectivity index (χ2v) is 6.80. The lowest BCUT2D eigenvalue weighted by atomic mass is 9.96. The van der Waals surface area contributed by atoms with Gasteiger partial charge in [-0.15, -0.1) is 0 Å². The number of nitrogens with zero attached hydrogens (tertiary/aromatic N) is 3. The molecule has 0 bridgehead atoms. The molecule has 1 aliphatic carbocycles. The summed E-state index contributed by atoms with van der Waals surface area (Å²) < 4.78 is 9.25. The maximum Gasteiger partial charge on any atom is 0.279 e. The Morgan fingerprint density at radius 1 is 1.19 bits per heavy atom. The monoisotopic (exact) mass is 349 g/mol. The summed E-state index contributed by atoms with van der Waals surface area (Å²) in [6.07, 6.45) is 7.17. The molecule has 1 aliphatic rings. The molecule has 0 saturated carbocycles. The van der Waals surface area contributed by atoms with Gasteiger partial charge in [0.15, 0.2) is 5.78 Å². The highest BCUT2D eigenvalue weighted by Crippen LogP contribution is 2.27. The van der Waals surface area contributed by atoms with E-state index >= 15 is 0 Å². The number of carbonyl (C=O) groups excluding carboxylic acids is 1. The van der Waals surface area contributed by atoms with Crippen LogP contribution in [-0.2, 0) is 18.3 Å². The van der Waals surface area contributed by atoms with Crippen LogP contribution in [0.4, 0.5) is 0 Å². The van der Waals surface area contributed by atoms with Crippen molar-refractivity contribution >= 4 is 17.4 Å². The smallest absolute Gasteiger partial charge is 0.279 e. The van der Waals surface area contributed by atoms with Crippen molar-refractivity contribution in [2.75, 3.05) is 0 Å². The second-order valence-electron chi connectivity index (χ2n) is 6.80. The summed E-state index contributed by atoms with van der Waals surface area (Å²) in [5.41, 5.74) is 2.30. The van der Waals surface area contributed by atoms with Crippen molar-refractivity contribution in [2.45, 2.75) is 26.2 Å². The predicted molar refractivity (Wildman–Crippen MR) is 98.8 cm³/mol. The topological polar surface area (TPSA) is 65.6 Å². The van der Waals surface area contributed by atoms with Crippen LogP contribution in [0.25, 0.3) is 11.6 Å². The Labute approximate surface area is 150 Å². The molecule has 0 spiro atoms. The summed E-state index contributed by atoms with van der Waals surface area (Å²) in [7, 11) is 1.68. The van der Waals surface area contributed by atoms with E-state index in [4.69, 9.17) is 4.74 Å². The molecule has 1 aromatic carbocycles. The number of imidazole rings is 1. The van der Waals surface area contributed by atoms with Crippen LogP contribution in [0.2, 0.25) is 0 Å². The number of aromatic nitrogens is 3. The van der Waals surface area contributed by atoms with Crippen LogP contribution in [0.15, 0.2) is 41.5 Å². The fraction of sp³-hybridized carbons (Fsp3) is 0.250. The van der Waals surface area contributed by atoms with Gasteiger partial charge in [-0.05, 0) is 29.3 Å². The minimum absolute atomic E-state index is 0.0975. The van der Waals surface area contributed by atoms with Crippen LogP contribution >= 0.6 is 0 Å². The van der Waals surface area contributed by atoms with Gasteiger partial charge in [-0.1, -0.05) is 26.0 Å². The standard InChI is InChI=1S/C20H19N3O3/c1-12(2)19-21-10-17-20(25)22(3)18(11-23(17)19)26-16-7-5-13-8-15(24)6-4-14(13)9-16/h4-7,9-12H,8H2,1-3H3. The Morgan fingerprint density at radius 2 is 2.00 bits per heavy atom. The van der Waals surface area contributed by atoms with E-state index in [1.165, 1.54) is 4.57 Å². The third-order valence-corrected chi connectivity index (χ3v) is 4.59. The average Bonchev–Trinajstić information content (AvgIpc) is 3.03. The van der Waals surface area contributed by atoms with Crippen molar-refractivity contribution in [1.29, 1.82) is 0 Å². The highest BCUT2D eigenvalue weighted by Gasteiger charge is 2.16. The lowest BCUT2D eigenvalue weighted by molar-refractivity contribution is -0.114. The molecule has 0 unspecified atom stereocenters. The van der Waals surface area contributed by atoms with Crippen LogP contribution in [0.1, 0.15) is 36.7 Å². The number of hydrogen-bond acceptors (Lipinski definition) is 4. The molecule has 0 saturated heterocycles. The van der Waals surface area contributed by atoms with E-state index in [1.807, 2.05) is 32.0 Å². The Hall–Kier alpha value is -3.15. The van der Waals surface area contributed by atoms with Crippen molar-refractivity contribution in [3.8, 4) is 11.6 Å². The lowest BCUT2D eigenvalue weighted by Gasteiger charge is -2.15. The Kier molecular flexibility index (Phi) is 3.76. The average molecular weight is 349 g/mol. The van der Waals surface area contributed by atoms with Crippen LogP contribution in [0.5, 0.6) is 11.6 Å². The van der Waals surface area contributed by atoms with Gasteiger partial charge in [-0.3, -0.25) is 18.6 Å². The normalized spacial score (nSPS) is 13.5. The number of ether oxygens (including phenoxy) is 1. The van der Waals surface area contributed by atoms with Crippen molar-refractivity contribution in [3.05, 3.63) is 64.0 Å². The number of benzene rings is 1. The van der Waals surface area contributed by atoms with Gasteiger partial charge in [0.1, 0.15) is 17.1 Å². The molecular formula is C20H19N3O3. The van der Waals surface area contributed by atoms with E-state index in [9.17, 15) is 9.59 Å². The van der Waals surface area contributed by atoms with E-state index < -0.39 is 0 Å². The van der Waals surface area contributed by atoms with Gasteiger partial charge in [0.2, 0.25) is 5.88 Å². The Bertz CT molecular complexity index is 1120. The van der Waals surface area contributed by atoms with Crippen molar-refractivity contribution in [2.24, 2.45) is 7.05 Å². The third-order valence-electron chi connectivity index (χ3n) is 4.59. The van der Waals surface area contributed by atoms with Gasteiger partial charge in [0, 0.05) is 19.4 Å². The van der Waals surface area contributed by atoms with Crippen molar-refractivity contribution in [1.82, 2.24) is 14.0 Å². The summed E-state index contributed by atoms with van der Waals surface area (Å²) in [6.45, 7) is 4.06. The van der Waals surface area contributed by atoms with Gasteiger partial charge in [-0.2, -0.15) is 0 Å². The molecule has 132 valence electrons. The first-order valence-corrected chi connectivity index (χ1v) is 8.52. The van der Waals surface area contributed by atoms with Gasteiger partial charge >= 0.3 is 0 Å². The fourth-order valence-electron chi connectivity index (χ4n) is 3.16. The molecule has 0 radical (unpaired) electrons. The van der Waals surface area contributed by atoms with E-state index in [2.05, 4.69) is 4.98 Å². The fourth-order valence-corrected chi connectivity index (χ4v) is 3.16. The highest BCUT2D eigenvalue weighted by molar-refractivity contribution is 5.98. The summed E-state index contributed by atoms with van der Waals surface area (Å²) in [5.74, 6) is 2.14. The molecule has 2 aromatic heterocycles. The molecule has 6 heteroatoms. The SMILES string of the molecule is CC(C)c1ncc2c(=O)n(C)c(Oc3ccc4c(c3)C=CC(=O)C4)cn12. The Morgan fingerprint density at radius 3 is 2.77 bits per heavy atom. The molecule has 4 rings (SSSR count). The van der Waals surface area contributed by atoms with Gasteiger partial charge in [-0.25, -0.2) is 4.98 Å². The quantitative estimate of drug-likeness (QED) is 0.729. The first-order valence-electron chi connectivity index (χ1n) is 8.52. The Balaban J connectivity index is 1.77. The van der Waals surface area contributed by atoms with E-state index in [1.54, 1.807) is 36.0 Å². The molecule has 0 N–H and O–H groups in total. The van der Waals surface area contributed by atoms with Crippen molar-refractivity contribution in [3.63, 3.8) is 0 Å². The first-order chi connectivity index (χ1) is 12.4. The lowest BCUT2D eigenvalue weighted by Crippen LogP contribution is -2.20. The van der Waals surface area contributed by atoms with Gasteiger partial charge in [0.05, 0.1) is 12.4 Å². The van der Waals surface area contributed by atoms with Gasteiger partial charge < -0.3 is 4.74 Å². The summed E-state index contributed by atoms with van der Waals surface area (Å²) in [5, 5.41) is 0. The molecule has 26 heavy (non-hydrogen) atoms. The highest BCUT2D eigenvalue weighted by atomic mass is 16.5. The summed E-state index contributed by atoms with van der Waals surface area (Å²) in [6, 6.07) is 5.58. The molecule has 3 aromatic rings. The number of fused-ring (bicyclic) bond motifs is 2. The zero-order chi connectivity index (χ0) is 18.4. The predicted octanol–water partition coefficient (Wildman–Crippen LogP) is 3.09. The molecule has 0 atom stereocenters. The van der Waals surface area contributed by atoms with Crippen LogP contribution in [0.3, 0.4) is 0 Å². The number of allylic oxidation sites excluding steroid dienone is 1. The second kappa shape index (κ2) is 5.98. The van der Waals surface area contributed by atoms with Crippen LogP contribution < -0.4 is 10.3 Å². The number of carbonyl (C=O) groups is 1. The number of ketones is 1. The van der Waals surface area contributed by atoms with Crippen molar-refractivity contribution < 1.29 is 9.53 Å².